The van der Waals surface area contributed by atoms with Crippen LogP contribution in [-0.4, -0.2) is 4.98 Å². The second-order valence-corrected chi connectivity index (χ2v) is 5.27. The molecule has 0 bridgehead atoms. The van der Waals surface area contributed by atoms with Crippen molar-refractivity contribution in [3.05, 3.63) is 64.8 Å². The number of benzene rings is 2. The summed E-state index contributed by atoms with van der Waals surface area (Å²) in [4.78, 5) is 4.49. The molecule has 0 aliphatic carbocycles. The average Bonchev–Trinajstić information content (AvgIpc) is 2.46. The van der Waals surface area contributed by atoms with Crippen LogP contribution in [0, 0.1) is 13.8 Å². The van der Waals surface area contributed by atoms with Crippen molar-refractivity contribution in [2.45, 2.75) is 13.8 Å². The number of hydrogen-bond acceptors (Lipinski definition) is 2. The minimum absolute atomic E-state index is 0.710. The third-order valence-electron chi connectivity index (χ3n) is 3.58. The molecule has 0 radical (unpaired) electrons. The van der Waals surface area contributed by atoms with E-state index in [0.29, 0.717) is 5.02 Å². The summed E-state index contributed by atoms with van der Waals surface area (Å²) in [7, 11) is 0. The van der Waals surface area contributed by atoms with Gasteiger partial charge >= 0.3 is 0 Å². The predicted octanol–water partition coefficient (Wildman–Crippen LogP) is 5.25. The molecule has 0 unspecified atom stereocenters. The summed E-state index contributed by atoms with van der Waals surface area (Å²) < 4.78 is 0. The smallest absolute Gasteiger partial charge is 0.0754 e. The highest BCUT2D eigenvalue weighted by Crippen LogP contribution is 2.30. The van der Waals surface area contributed by atoms with Gasteiger partial charge in [0, 0.05) is 17.3 Å². The largest absolute Gasteiger partial charge is 0.354 e. The van der Waals surface area contributed by atoms with E-state index in [4.69, 9.17) is 11.6 Å². The van der Waals surface area contributed by atoms with E-state index in [1.165, 1.54) is 11.1 Å². The van der Waals surface area contributed by atoms with E-state index in [2.05, 4.69) is 36.3 Å². The molecule has 0 saturated carbocycles. The minimum Gasteiger partial charge on any atom is -0.354 e. The molecule has 2 aromatic carbocycles. The molecule has 2 nitrogen and oxygen atoms in total. The standard InChI is InChI=1S/C17H15ClN2/c1-11-7-8-13-15(9-10-19-17(13)12(11)2)20-16-6-4-3-5-14(16)18/h3-10H,1-2H3,(H,19,20). The Morgan fingerprint density at radius 3 is 2.55 bits per heavy atom. The fourth-order valence-electron chi connectivity index (χ4n) is 2.28. The first-order chi connectivity index (χ1) is 9.66. The molecule has 0 amide bonds. The van der Waals surface area contributed by atoms with E-state index in [1.807, 2.05) is 36.5 Å². The van der Waals surface area contributed by atoms with Gasteiger partial charge in [0.2, 0.25) is 0 Å². The van der Waals surface area contributed by atoms with Gasteiger partial charge in [0.05, 0.1) is 16.2 Å². The van der Waals surface area contributed by atoms with E-state index in [9.17, 15) is 0 Å². The zero-order valence-corrected chi connectivity index (χ0v) is 12.2. The monoisotopic (exact) mass is 282 g/mol. The van der Waals surface area contributed by atoms with Gasteiger partial charge in [0.1, 0.15) is 0 Å². The molecule has 1 N–H and O–H groups in total. The lowest BCUT2D eigenvalue weighted by atomic mass is 10.0. The predicted molar refractivity (Wildman–Crippen MR) is 86.0 cm³/mol. The van der Waals surface area contributed by atoms with Crippen LogP contribution in [0.3, 0.4) is 0 Å². The summed E-state index contributed by atoms with van der Waals surface area (Å²) in [5.74, 6) is 0. The second-order valence-electron chi connectivity index (χ2n) is 4.87. The zero-order chi connectivity index (χ0) is 14.1. The summed E-state index contributed by atoms with van der Waals surface area (Å²) in [6, 6.07) is 13.9. The number of nitrogens with zero attached hydrogens (tertiary/aromatic N) is 1. The second kappa shape index (κ2) is 5.14. The average molecular weight is 283 g/mol. The Kier molecular flexibility index (Phi) is 3.33. The Bertz CT molecular complexity index is 781. The van der Waals surface area contributed by atoms with Gasteiger partial charge in [-0.2, -0.15) is 0 Å². The highest BCUT2D eigenvalue weighted by Gasteiger charge is 2.07. The molecule has 3 aromatic rings. The van der Waals surface area contributed by atoms with Crippen LogP contribution in [0.4, 0.5) is 11.4 Å². The molecule has 0 fully saturated rings. The molecule has 0 atom stereocenters. The van der Waals surface area contributed by atoms with Gasteiger partial charge in [-0.15, -0.1) is 0 Å². The maximum absolute atomic E-state index is 6.20. The number of aryl methyl sites for hydroxylation is 2. The number of para-hydroxylation sites is 1. The molecule has 1 aromatic heterocycles. The number of rotatable bonds is 2. The molecule has 100 valence electrons. The summed E-state index contributed by atoms with van der Waals surface area (Å²) in [6.45, 7) is 4.20. The lowest BCUT2D eigenvalue weighted by Crippen LogP contribution is -1.95. The fourth-order valence-corrected chi connectivity index (χ4v) is 2.46. The molecule has 1 heterocycles. The van der Waals surface area contributed by atoms with Gasteiger partial charge in [-0.05, 0) is 43.2 Å². The van der Waals surface area contributed by atoms with Crippen LogP contribution < -0.4 is 5.32 Å². The van der Waals surface area contributed by atoms with Gasteiger partial charge < -0.3 is 5.32 Å². The van der Waals surface area contributed by atoms with Crippen LogP contribution in [0.2, 0.25) is 5.02 Å². The molecule has 3 heteroatoms. The summed E-state index contributed by atoms with van der Waals surface area (Å²) in [5, 5.41) is 5.21. The fraction of sp³-hybridized carbons (Fsp3) is 0.118. The van der Waals surface area contributed by atoms with Crippen LogP contribution in [0.15, 0.2) is 48.7 Å². The molecule has 0 aliphatic heterocycles. The number of halogens is 1. The third kappa shape index (κ3) is 2.23. The molecule has 0 saturated heterocycles. The number of pyridine rings is 1. The Morgan fingerprint density at radius 1 is 0.950 bits per heavy atom. The van der Waals surface area contributed by atoms with E-state index < -0.39 is 0 Å². The van der Waals surface area contributed by atoms with E-state index in [1.54, 1.807) is 0 Å². The molecular weight excluding hydrogens is 268 g/mol. The normalized spacial score (nSPS) is 10.8. The minimum atomic E-state index is 0.710. The van der Waals surface area contributed by atoms with Crippen molar-refractivity contribution in [2.75, 3.05) is 5.32 Å². The summed E-state index contributed by atoms with van der Waals surface area (Å²) in [5.41, 5.74) is 5.42. The molecule has 0 aliphatic rings. The summed E-state index contributed by atoms with van der Waals surface area (Å²) >= 11 is 6.20. The first-order valence-electron chi connectivity index (χ1n) is 6.53. The van der Waals surface area contributed by atoms with Crippen molar-refractivity contribution in [2.24, 2.45) is 0 Å². The van der Waals surface area contributed by atoms with Gasteiger partial charge in [0.15, 0.2) is 0 Å². The van der Waals surface area contributed by atoms with Gasteiger partial charge in [-0.25, -0.2) is 0 Å². The van der Waals surface area contributed by atoms with Crippen LogP contribution in [-0.2, 0) is 0 Å². The Balaban J connectivity index is 2.13. The van der Waals surface area contributed by atoms with Gasteiger partial charge in [-0.1, -0.05) is 35.9 Å². The van der Waals surface area contributed by atoms with Crippen molar-refractivity contribution in [3.8, 4) is 0 Å². The van der Waals surface area contributed by atoms with Crippen molar-refractivity contribution in [3.63, 3.8) is 0 Å². The Hall–Kier alpha value is -2.06. The zero-order valence-electron chi connectivity index (χ0n) is 11.4. The lowest BCUT2D eigenvalue weighted by molar-refractivity contribution is 1.31. The lowest BCUT2D eigenvalue weighted by Gasteiger charge is -2.12. The van der Waals surface area contributed by atoms with Crippen LogP contribution in [0.25, 0.3) is 10.9 Å². The maximum Gasteiger partial charge on any atom is 0.0754 e. The molecule has 0 spiro atoms. The first-order valence-corrected chi connectivity index (χ1v) is 6.91. The van der Waals surface area contributed by atoms with E-state index >= 15 is 0 Å². The number of hydrogen-bond donors (Lipinski definition) is 1. The molecule has 20 heavy (non-hydrogen) atoms. The number of fused-ring (bicyclic) bond motifs is 1. The van der Waals surface area contributed by atoms with E-state index in [-0.39, 0.29) is 0 Å². The first kappa shape index (κ1) is 12.9. The summed E-state index contributed by atoms with van der Waals surface area (Å²) in [6.07, 6.45) is 1.83. The van der Waals surface area contributed by atoms with Gasteiger partial charge in [-0.3, -0.25) is 4.98 Å². The van der Waals surface area contributed by atoms with Crippen LogP contribution in [0.5, 0.6) is 0 Å². The topological polar surface area (TPSA) is 24.9 Å². The van der Waals surface area contributed by atoms with Crippen LogP contribution in [0.1, 0.15) is 11.1 Å². The highest BCUT2D eigenvalue weighted by atomic mass is 35.5. The number of nitrogens with one attached hydrogen (secondary N) is 1. The third-order valence-corrected chi connectivity index (χ3v) is 3.91. The maximum atomic E-state index is 6.20. The quantitative estimate of drug-likeness (QED) is 0.694. The van der Waals surface area contributed by atoms with Crippen molar-refractivity contribution in [1.82, 2.24) is 4.98 Å². The Labute approximate surface area is 123 Å². The number of anilines is 2. The van der Waals surface area contributed by atoms with Crippen molar-refractivity contribution in [1.29, 1.82) is 0 Å². The highest BCUT2D eigenvalue weighted by molar-refractivity contribution is 6.33. The molecule has 3 rings (SSSR count). The van der Waals surface area contributed by atoms with Crippen molar-refractivity contribution < 1.29 is 0 Å². The Morgan fingerprint density at radius 2 is 1.75 bits per heavy atom. The SMILES string of the molecule is Cc1ccc2c(Nc3ccccc3Cl)ccnc2c1C. The number of aromatic nitrogens is 1. The molecular formula is C17H15ClN2. The van der Waals surface area contributed by atoms with Crippen LogP contribution >= 0.6 is 11.6 Å². The van der Waals surface area contributed by atoms with E-state index in [0.717, 1.165) is 22.3 Å². The van der Waals surface area contributed by atoms with Gasteiger partial charge in [0.25, 0.3) is 0 Å². The van der Waals surface area contributed by atoms with Crippen molar-refractivity contribution >= 4 is 33.9 Å².